The van der Waals surface area contributed by atoms with Crippen LogP contribution < -0.4 is 26.6 Å². The molecular weight excluding hydrogens is 527 g/mol. The first-order valence-corrected chi connectivity index (χ1v) is 13.4. The summed E-state index contributed by atoms with van der Waals surface area (Å²) >= 11 is 12.6. The summed E-state index contributed by atoms with van der Waals surface area (Å²) in [4.78, 5) is 26.5. The zero-order valence-electron chi connectivity index (χ0n) is 20.8. The summed E-state index contributed by atoms with van der Waals surface area (Å²) in [5, 5.41) is 9.94. The predicted octanol–water partition coefficient (Wildman–Crippen LogP) is 3.49. The number of carbonyl (C=O) groups is 1. The van der Waals surface area contributed by atoms with Crippen LogP contribution >= 0.6 is 23.2 Å². The molecule has 2 fully saturated rings. The molecule has 0 aliphatic carbocycles. The van der Waals surface area contributed by atoms with Crippen LogP contribution in [0.15, 0.2) is 48.8 Å². The molecule has 2 aliphatic heterocycles. The fourth-order valence-electron chi connectivity index (χ4n) is 4.35. The highest BCUT2D eigenvalue weighted by Gasteiger charge is 2.22. The lowest BCUT2D eigenvalue weighted by molar-refractivity contribution is 0.0527. The first-order valence-electron chi connectivity index (χ1n) is 12.6. The van der Waals surface area contributed by atoms with E-state index < -0.39 is 6.10 Å². The van der Waals surface area contributed by atoms with E-state index in [1.165, 1.54) is 6.20 Å². The average Bonchev–Trinajstić information content (AvgIpc) is 2.88. The number of carbonyl (C=O) groups excluding carboxylic acids is 1. The van der Waals surface area contributed by atoms with Gasteiger partial charge in [-0.05, 0) is 48.2 Å². The number of hydrogen-bond acceptors (Lipinski definition) is 8. The maximum absolute atomic E-state index is 12.8. The molecule has 0 bridgehead atoms. The van der Waals surface area contributed by atoms with Crippen molar-refractivity contribution >= 4 is 29.1 Å². The second kappa shape index (κ2) is 12.4. The van der Waals surface area contributed by atoms with Crippen LogP contribution in [0, 0.1) is 0 Å². The second-order valence-electron chi connectivity index (χ2n) is 9.55. The third-order valence-corrected chi connectivity index (χ3v) is 7.47. The molecule has 0 saturated carbocycles. The van der Waals surface area contributed by atoms with E-state index in [0.717, 1.165) is 54.6 Å². The van der Waals surface area contributed by atoms with Crippen molar-refractivity contribution < 1.29 is 14.4 Å². The van der Waals surface area contributed by atoms with Gasteiger partial charge in [-0.15, -0.1) is 0 Å². The van der Waals surface area contributed by atoms with E-state index in [2.05, 4.69) is 25.9 Å². The van der Waals surface area contributed by atoms with Gasteiger partial charge in [0.2, 0.25) is 0 Å². The maximum Gasteiger partial charge on any atom is 0.254 e. The van der Waals surface area contributed by atoms with Crippen molar-refractivity contribution in [3.8, 4) is 5.75 Å². The van der Waals surface area contributed by atoms with Crippen LogP contribution in [0.25, 0.3) is 0 Å². The van der Waals surface area contributed by atoms with Crippen molar-refractivity contribution in [3.05, 3.63) is 86.9 Å². The molecule has 2 aliphatic rings. The molecule has 1 aromatic carbocycles. The maximum atomic E-state index is 12.8. The van der Waals surface area contributed by atoms with E-state index in [9.17, 15) is 4.79 Å². The Bertz CT molecular complexity index is 1270. The lowest BCUT2D eigenvalue weighted by Crippen LogP contribution is -2.46. The zero-order chi connectivity index (χ0) is 26.5. The van der Waals surface area contributed by atoms with E-state index in [4.69, 9.17) is 38.7 Å². The van der Waals surface area contributed by atoms with Gasteiger partial charge in [0.15, 0.2) is 6.23 Å². The number of nitrogens with zero attached hydrogens (tertiary/aromatic N) is 2. The van der Waals surface area contributed by atoms with Crippen LogP contribution in [0.1, 0.15) is 51.6 Å². The molecule has 5 N–H and O–H groups in total. The molecule has 38 heavy (non-hydrogen) atoms. The van der Waals surface area contributed by atoms with Gasteiger partial charge < -0.3 is 15.4 Å². The van der Waals surface area contributed by atoms with E-state index in [0.29, 0.717) is 29.9 Å². The number of benzene rings is 1. The van der Waals surface area contributed by atoms with Crippen molar-refractivity contribution in [2.24, 2.45) is 5.90 Å². The molecule has 0 spiro atoms. The van der Waals surface area contributed by atoms with Gasteiger partial charge in [-0.1, -0.05) is 47.5 Å². The third-order valence-electron chi connectivity index (χ3n) is 6.85. The van der Waals surface area contributed by atoms with Gasteiger partial charge in [0.1, 0.15) is 22.2 Å². The number of halogens is 2. The molecule has 11 heteroatoms. The monoisotopic (exact) mass is 556 g/mol. The van der Waals surface area contributed by atoms with Crippen molar-refractivity contribution in [1.82, 2.24) is 25.9 Å². The highest BCUT2D eigenvalue weighted by molar-refractivity contribution is 6.32. The first kappa shape index (κ1) is 26.8. The molecule has 2 saturated heterocycles. The summed E-state index contributed by atoms with van der Waals surface area (Å²) in [6.07, 6.45) is 6.32. The Hall–Kier alpha value is -2.79. The average molecular weight is 557 g/mol. The Morgan fingerprint density at radius 3 is 2.39 bits per heavy atom. The Morgan fingerprint density at radius 2 is 1.74 bits per heavy atom. The molecule has 2 aromatic heterocycles. The number of amides is 1. The number of aromatic nitrogens is 2. The van der Waals surface area contributed by atoms with Gasteiger partial charge in [0, 0.05) is 43.7 Å². The Labute approximate surface area is 231 Å². The molecule has 3 atom stereocenters. The molecule has 3 aromatic rings. The van der Waals surface area contributed by atoms with Crippen LogP contribution in [-0.4, -0.2) is 41.2 Å². The fraction of sp³-hybridized carbons (Fsp3) is 0.370. The SMILES string of the molecule is NOC(Cc1ccc(CNC(=O)c2cc(OC3CCN3)cnc2Cl)cc1)c1cc(CC2CCN2)cnc1Cl. The van der Waals surface area contributed by atoms with E-state index >= 15 is 0 Å². The molecule has 200 valence electrons. The lowest BCUT2D eigenvalue weighted by Gasteiger charge is -2.28. The van der Waals surface area contributed by atoms with Crippen LogP contribution in [-0.2, 0) is 24.2 Å². The fourth-order valence-corrected chi connectivity index (χ4v) is 4.77. The molecule has 5 rings (SSSR count). The molecule has 9 nitrogen and oxygen atoms in total. The zero-order valence-corrected chi connectivity index (χ0v) is 22.3. The Kier molecular flexibility index (Phi) is 8.73. The van der Waals surface area contributed by atoms with Crippen molar-refractivity contribution in [3.63, 3.8) is 0 Å². The number of rotatable bonds is 11. The van der Waals surface area contributed by atoms with Crippen molar-refractivity contribution in [1.29, 1.82) is 0 Å². The van der Waals surface area contributed by atoms with Gasteiger partial charge in [-0.25, -0.2) is 15.9 Å². The van der Waals surface area contributed by atoms with Gasteiger partial charge in [-0.2, -0.15) is 0 Å². The van der Waals surface area contributed by atoms with Crippen LogP contribution in [0.3, 0.4) is 0 Å². The highest BCUT2D eigenvalue weighted by atomic mass is 35.5. The summed E-state index contributed by atoms with van der Waals surface area (Å²) < 4.78 is 5.74. The molecule has 0 radical (unpaired) electrons. The van der Waals surface area contributed by atoms with Gasteiger partial charge in [0.25, 0.3) is 5.91 Å². The number of hydrogen-bond donors (Lipinski definition) is 4. The minimum Gasteiger partial charge on any atom is -0.474 e. The molecular formula is C27H30Cl2N6O3. The minimum atomic E-state index is -0.436. The summed E-state index contributed by atoms with van der Waals surface area (Å²) in [5.41, 5.74) is 4.08. The van der Waals surface area contributed by atoms with Crippen molar-refractivity contribution in [2.75, 3.05) is 13.1 Å². The van der Waals surface area contributed by atoms with Gasteiger partial charge in [0.05, 0.1) is 11.8 Å². The topological polar surface area (TPSA) is 123 Å². The number of nitrogens with two attached hydrogens (primary N) is 1. The summed E-state index contributed by atoms with van der Waals surface area (Å²) in [7, 11) is 0. The van der Waals surface area contributed by atoms with Crippen LogP contribution in [0.2, 0.25) is 10.3 Å². The molecule has 1 amide bonds. The lowest BCUT2D eigenvalue weighted by atomic mass is 9.96. The first-order chi connectivity index (χ1) is 18.5. The van der Waals surface area contributed by atoms with E-state index in [-0.39, 0.29) is 22.9 Å². The Morgan fingerprint density at radius 1 is 1.03 bits per heavy atom. The number of pyridine rings is 2. The van der Waals surface area contributed by atoms with Crippen LogP contribution in [0.5, 0.6) is 5.75 Å². The van der Waals surface area contributed by atoms with Gasteiger partial charge >= 0.3 is 0 Å². The Balaban J connectivity index is 1.18. The van der Waals surface area contributed by atoms with E-state index in [1.54, 1.807) is 12.3 Å². The summed E-state index contributed by atoms with van der Waals surface area (Å²) in [5.74, 6) is 5.84. The van der Waals surface area contributed by atoms with Gasteiger partial charge in [-0.3, -0.25) is 14.9 Å². The highest BCUT2D eigenvalue weighted by Crippen LogP contribution is 2.28. The smallest absolute Gasteiger partial charge is 0.254 e. The third kappa shape index (κ3) is 6.61. The standard InChI is InChI=1S/C27H30Cl2N6O3/c28-25-21(10-18(14-33-25)9-19-5-7-31-19)23(38-30)11-16-1-3-17(4-2-16)13-35-27(36)22-12-20(15-34-26(22)29)37-24-6-8-32-24/h1-4,10,12,14-15,19,23-24,31-32H,5-9,11,13,30H2,(H,35,36). The molecule has 3 unspecified atom stereocenters. The quantitative estimate of drug-likeness (QED) is 0.209. The number of ether oxygens (including phenoxy) is 1. The van der Waals surface area contributed by atoms with Crippen molar-refractivity contribution in [2.45, 2.75) is 50.6 Å². The second-order valence-corrected chi connectivity index (χ2v) is 10.3. The molecule has 4 heterocycles. The number of nitrogens with one attached hydrogen (secondary N) is 3. The summed E-state index contributed by atoms with van der Waals surface area (Å²) in [6, 6.07) is 12.0. The summed E-state index contributed by atoms with van der Waals surface area (Å²) in [6.45, 7) is 2.29. The minimum absolute atomic E-state index is 0.0578. The van der Waals surface area contributed by atoms with E-state index in [1.807, 2.05) is 30.3 Å². The van der Waals surface area contributed by atoms with Crippen LogP contribution in [0.4, 0.5) is 0 Å². The normalized spacial score (nSPS) is 19.2. The predicted molar refractivity (Wildman–Crippen MR) is 145 cm³/mol. The largest absolute Gasteiger partial charge is 0.474 e.